The third-order valence-electron chi connectivity index (χ3n) is 4.00. The number of nitrogens with one attached hydrogen (secondary N) is 1. The van der Waals surface area contributed by atoms with E-state index in [1.165, 1.54) is 0 Å². The van der Waals surface area contributed by atoms with Gasteiger partial charge in [0.05, 0.1) is 0 Å². The number of benzene rings is 2. The molecule has 0 fully saturated rings. The van der Waals surface area contributed by atoms with Crippen LogP contribution in [-0.4, -0.2) is 16.7 Å². The predicted octanol–water partition coefficient (Wildman–Crippen LogP) is 4.31. The van der Waals surface area contributed by atoms with Crippen LogP contribution in [0.5, 0.6) is 0 Å². The van der Waals surface area contributed by atoms with Gasteiger partial charge in [-0.2, -0.15) is 0 Å². The Labute approximate surface area is 149 Å². The van der Waals surface area contributed by atoms with Crippen LogP contribution in [0.4, 0.5) is 5.69 Å². The van der Waals surface area contributed by atoms with E-state index in [0.29, 0.717) is 28.2 Å². The average molecular weight is 342 g/mol. The van der Waals surface area contributed by atoms with Crippen LogP contribution < -0.4 is 5.32 Å². The molecule has 4 rings (SSSR count). The summed E-state index contributed by atoms with van der Waals surface area (Å²) < 4.78 is 5.61. The zero-order chi connectivity index (χ0) is 17.9. The molecular weight excluding hydrogens is 328 g/mol. The summed E-state index contributed by atoms with van der Waals surface area (Å²) >= 11 is 0. The molecule has 0 bridgehead atoms. The largest absolute Gasteiger partial charge is 0.453 e. The van der Waals surface area contributed by atoms with E-state index in [4.69, 9.17) is 4.42 Å². The van der Waals surface area contributed by atoms with Crippen molar-refractivity contribution in [3.05, 3.63) is 96.0 Å². The molecule has 0 radical (unpaired) electrons. The van der Waals surface area contributed by atoms with Crippen LogP contribution >= 0.6 is 0 Å². The summed E-state index contributed by atoms with van der Waals surface area (Å²) in [4.78, 5) is 28.6. The number of carbonyl (C=O) groups excluding carboxylic acids is 2. The van der Waals surface area contributed by atoms with Gasteiger partial charge in [-0.25, -0.2) is 0 Å². The van der Waals surface area contributed by atoms with Crippen LogP contribution in [0.1, 0.15) is 26.5 Å². The summed E-state index contributed by atoms with van der Waals surface area (Å²) in [5, 5.41) is 3.67. The number of hydrogen-bond acceptors (Lipinski definition) is 4. The smallest absolute Gasteiger partial charge is 0.255 e. The number of hydrogen-bond donors (Lipinski definition) is 1. The molecule has 0 atom stereocenters. The maximum Gasteiger partial charge on any atom is 0.255 e. The van der Waals surface area contributed by atoms with Crippen LogP contribution in [0.3, 0.4) is 0 Å². The molecule has 1 amide bonds. The van der Waals surface area contributed by atoms with Crippen molar-refractivity contribution in [1.82, 2.24) is 4.98 Å². The van der Waals surface area contributed by atoms with E-state index >= 15 is 0 Å². The monoisotopic (exact) mass is 342 g/mol. The third-order valence-corrected chi connectivity index (χ3v) is 4.00. The van der Waals surface area contributed by atoms with Crippen molar-refractivity contribution in [1.29, 1.82) is 0 Å². The zero-order valence-electron chi connectivity index (χ0n) is 13.7. The molecule has 4 aromatic rings. The van der Waals surface area contributed by atoms with Crippen LogP contribution in [0.25, 0.3) is 11.0 Å². The molecule has 0 aliphatic carbocycles. The molecule has 2 heterocycles. The van der Waals surface area contributed by atoms with Gasteiger partial charge in [0.1, 0.15) is 5.58 Å². The Morgan fingerprint density at radius 2 is 1.58 bits per heavy atom. The lowest BCUT2D eigenvalue weighted by Gasteiger charge is -2.05. The highest BCUT2D eigenvalue weighted by atomic mass is 16.3. The van der Waals surface area contributed by atoms with Gasteiger partial charge < -0.3 is 9.73 Å². The number of fused-ring (bicyclic) bond motifs is 1. The highest BCUT2D eigenvalue weighted by molar-refractivity contribution is 6.09. The summed E-state index contributed by atoms with van der Waals surface area (Å²) in [6.45, 7) is 0. The molecule has 2 aromatic carbocycles. The van der Waals surface area contributed by atoms with Gasteiger partial charge >= 0.3 is 0 Å². The fraction of sp³-hybridized carbons (Fsp3) is 0. The molecule has 126 valence electrons. The number of carbonyl (C=O) groups is 2. The lowest BCUT2D eigenvalue weighted by Crippen LogP contribution is -2.12. The number of ketones is 1. The molecule has 1 N–H and O–H groups in total. The molecule has 0 saturated heterocycles. The first-order valence-electron chi connectivity index (χ1n) is 8.05. The average Bonchev–Trinajstić information content (AvgIpc) is 3.13. The van der Waals surface area contributed by atoms with E-state index in [0.717, 1.165) is 5.39 Å². The first-order valence-corrected chi connectivity index (χ1v) is 8.05. The molecule has 26 heavy (non-hydrogen) atoms. The van der Waals surface area contributed by atoms with Crippen molar-refractivity contribution in [2.75, 3.05) is 5.32 Å². The van der Waals surface area contributed by atoms with Gasteiger partial charge in [0.25, 0.3) is 5.91 Å². The van der Waals surface area contributed by atoms with Gasteiger partial charge in [-0.3, -0.25) is 14.6 Å². The Balaban J connectivity index is 1.52. The minimum atomic E-state index is -0.233. The number of pyridine rings is 1. The molecule has 0 aliphatic rings. The van der Waals surface area contributed by atoms with Crippen LogP contribution in [0.2, 0.25) is 0 Å². The van der Waals surface area contributed by atoms with Crippen molar-refractivity contribution in [3.63, 3.8) is 0 Å². The quantitative estimate of drug-likeness (QED) is 0.561. The standard InChI is InChI=1S/C21H14N2O3/c24-20(19-13-16-3-1-2-4-18(16)26-19)14-5-7-17(8-6-14)23-21(25)15-9-11-22-12-10-15/h1-13H,(H,23,25). The minimum absolute atomic E-state index is 0.201. The van der Waals surface area contributed by atoms with Crippen molar-refractivity contribution in [3.8, 4) is 0 Å². The van der Waals surface area contributed by atoms with E-state index in [1.54, 1.807) is 54.9 Å². The second-order valence-electron chi connectivity index (χ2n) is 5.74. The molecule has 0 aliphatic heterocycles. The van der Waals surface area contributed by atoms with Gasteiger partial charge in [0.2, 0.25) is 5.78 Å². The molecule has 0 spiro atoms. The minimum Gasteiger partial charge on any atom is -0.453 e. The number of para-hydroxylation sites is 1. The predicted molar refractivity (Wildman–Crippen MR) is 98.3 cm³/mol. The molecule has 0 saturated carbocycles. The van der Waals surface area contributed by atoms with Crippen molar-refractivity contribution < 1.29 is 14.0 Å². The summed E-state index contributed by atoms with van der Waals surface area (Å²) in [5.41, 5.74) is 2.29. The first-order chi connectivity index (χ1) is 12.7. The lowest BCUT2D eigenvalue weighted by atomic mass is 10.1. The molecular formula is C21H14N2O3. The van der Waals surface area contributed by atoms with E-state index < -0.39 is 0 Å². The highest BCUT2D eigenvalue weighted by Crippen LogP contribution is 2.22. The van der Waals surface area contributed by atoms with E-state index in [1.807, 2.05) is 24.3 Å². The fourth-order valence-corrected chi connectivity index (χ4v) is 2.65. The van der Waals surface area contributed by atoms with Crippen LogP contribution in [-0.2, 0) is 0 Å². The first kappa shape index (κ1) is 15.8. The maximum absolute atomic E-state index is 12.6. The normalized spacial score (nSPS) is 10.6. The van der Waals surface area contributed by atoms with Gasteiger partial charge in [-0.05, 0) is 48.5 Å². The van der Waals surface area contributed by atoms with Crippen LogP contribution in [0, 0.1) is 0 Å². The second kappa shape index (κ2) is 6.64. The molecule has 5 heteroatoms. The Morgan fingerprint density at radius 3 is 2.31 bits per heavy atom. The third kappa shape index (κ3) is 3.10. The Hall–Kier alpha value is -3.73. The number of furan rings is 1. The fourth-order valence-electron chi connectivity index (χ4n) is 2.65. The van der Waals surface area contributed by atoms with Crippen LogP contribution in [0.15, 0.2) is 83.5 Å². The summed E-state index contributed by atoms with van der Waals surface area (Å²) in [6, 6.07) is 19.2. The molecule has 0 unspecified atom stereocenters. The Morgan fingerprint density at radius 1 is 0.846 bits per heavy atom. The van der Waals surface area contributed by atoms with E-state index in [-0.39, 0.29) is 11.7 Å². The molecule has 5 nitrogen and oxygen atoms in total. The van der Waals surface area contributed by atoms with E-state index in [2.05, 4.69) is 10.3 Å². The summed E-state index contributed by atoms with van der Waals surface area (Å²) in [7, 11) is 0. The van der Waals surface area contributed by atoms with Gasteiger partial charge in [-0.15, -0.1) is 0 Å². The van der Waals surface area contributed by atoms with Gasteiger partial charge in [-0.1, -0.05) is 18.2 Å². The Kier molecular flexibility index (Phi) is 4.03. The maximum atomic E-state index is 12.6. The lowest BCUT2D eigenvalue weighted by molar-refractivity contribution is 0.101. The number of aromatic nitrogens is 1. The molecule has 2 aromatic heterocycles. The summed E-state index contributed by atoms with van der Waals surface area (Å²) in [6.07, 6.45) is 3.12. The number of nitrogens with zero attached hydrogens (tertiary/aromatic N) is 1. The highest BCUT2D eigenvalue weighted by Gasteiger charge is 2.14. The zero-order valence-corrected chi connectivity index (χ0v) is 13.7. The number of rotatable bonds is 4. The van der Waals surface area contributed by atoms with Crippen molar-refractivity contribution >= 4 is 28.3 Å². The van der Waals surface area contributed by atoms with Crippen molar-refractivity contribution in [2.24, 2.45) is 0 Å². The van der Waals surface area contributed by atoms with Crippen molar-refractivity contribution in [2.45, 2.75) is 0 Å². The summed E-state index contributed by atoms with van der Waals surface area (Å²) in [5.74, 6) is -0.142. The van der Waals surface area contributed by atoms with E-state index in [9.17, 15) is 9.59 Å². The van der Waals surface area contributed by atoms with Gasteiger partial charge in [0, 0.05) is 34.6 Å². The second-order valence-corrected chi connectivity index (χ2v) is 5.74. The number of anilines is 1. The Bertz CT molecular complexity index is 1050. The SMILES string of the molecule is O=C(Nc1ccc(C(=O)c2cc3ccccc3o2)cc1)c1ccncc1. The topological polar surface area (TPSA) is 72.2 Å². The van der Waals surface area contributed by atoms with Gasteiger partial charge in [0.15, 0.2) is 5.76 Å². The number of amides is 1.